The minimum Gasteiger partial charge on any atom is -0.396 e. The summed E-state index contributed by atoms with van der Waals surface area (Å²) in [5.41, 5.74) is 0. The van der Waals surface area contributed by atoms with Crippen LogP contribution in [-0.2, 0) is 4.74 Å². The Morgan fingerprint density at radius 3 is 2.50 bits per heavy atom. The van der Waals surface area contributed by atoms with Crippen molar-refractivity contribution < 1.29 is 9.84 Å². The van der Waals surface area contributed by atoms with Crippen LogP contribution in [0.25, 0.3) is 0 Å². The molecule has 0 aliphatic carbocycles. The van der Waals surface area contributed by atoms with Crippen molar-refractivity contribution in [3.8, 4) is 0 Å². The van der Waals surface area contributed by atoms with E-state index in [1.807, 2.05) is 6.92 Å². The van der Waals surface area contributed by atoms with Gasteiger partial charge in [-0.2, -0.15) is 0 Å². The third kappa shape index (κ3) is 1.01. The van der Waals surface area contributed by atoms with Crippen LogP contribution in [0, 0.1) is 11.8 Å². The molecule has 0 bridgehead atoms. The van der Waals surface area contributed by atoms with Crippen LogP contribution in [0.4, 0.5) is 0 Å². The minimum atomic E-state index is 0.300. The highest BCUT2D eigenvalue weighted by atomic mass is 16.5. The van der Waals surface area contributed by atoms with Gasteiger partial charge >= 0.3 is 0 Å². The molecule has 2 heteroatoms. The standard InChI is InChI=1S/C6H12O2/c1-5(2-7)6-3-8-4-6/h5-7H,2-4H2,1H3/t5-/m1/s1. The molecule has 1 N–H and O–H groups in total. The van der Waals surface area contributed by atoms with Gasteiger partial charge in [-0.3, -0.25) is 0 Å². The van der Waals surface area contributed by atoms with E-state index >= 15 is 0 Å². The number of aliphatic hydroxyl groups is 1. The van der Waals surface area contributed by atoms with Crippen molar-refractivity contribution in [1.29, 1.82) is 0 Å². The first-order valence-corrected chi connectivity index (χ1v) is 3.03. The Labute approximate surface area is 49.5 Å². The first-order valence-electron chi connectivity index (χ1n) is 3.03. The molecule has 1 saturated heterocycles. The first kappa shape index (κ1) is 6.05. The van der Waals surface area contributed by atoms with Crippen LogP contribution in [0.1, 0.15) is 6.92 Å². The predicted octanol–water partition coefficient (Wildman–Crippen LogP) is 0.261. The van der Waals surface area contributed by atoms with Crippen molar-refractivity contribution in [3.05, 3.63) is 0 Å². The molecule has 1 rings (SSSR count). The maximum atomic E-state index is 8.61. The molecule has 1 atom stereocenters. The average molecular weight is 116 g/mol. The van der Waals surface area contributed by atoms with E-state index in [1.54, 1.807) is 0 Å². The lowest BCUT2D eigenvalue weighted by atomic mass is 9.94. The van der Waals surface area contributed by atoms with E-state index in [2.05, 4.69) is 0 Å². The summed E-state index contributed by atoms with van der Waals surface area (Å²) in [7, 11) is 0. The highest BCUT2D eigenvalue weighted by Gasteiger charge is 2.23. The zero-order chi connectivity index (χ0) is 5.98. The molecule has 2 nitrogen and oxygen atoms in total. The molecule has 1 heterocycles. The van der Waals surface area contributed by atoms with Crippen molar-refractivity contribution >= 4 is 0 Å². The van der Waals surface area contributed by atoms with E-state index < -0.39 is 0 Å². The molecule has 0 radical (unpaired) electrons. The summed E-state index contributed by atoms with van der Waals surface area (Å²) >= 11 is 0. The fourth-order valence-corrected chi connectivity index (χ4v) is 0.732. The van der Waals surface area contributed by atoms with Crippen LogP contribution >= 0.6 is 0 Å². The average Bonchev–Trinajstić information content (AvgIpc) is 1.62. The molecular formula is C6H12O2. The summed E-state index contributed by atoms with van der Waals surface area (Å²) in [5.74, 6) is 1.06. The van der Waals surface area contributed by atoms with Gasteiger partial charge in [0, 0.05) is 12.5 Å². The van der Waals surface area contributed by atoms with Gasteiger partial charge in [0.2, 0.25) is 0 Å². The highest BCUT2D eigenvalue weighted by Crippen LogP contribution is 2.18. The molecule has 8 heavy (non-hydrogen) atoms. The van der Waals surface area contributed by atoms with Crippen LogP contribution in [-0.4, -0.2) is 24.9 Å². The molecule has 0 saturated carbocycles. The van der Waals surface area contributed by atoms with E-state index in [4.69, 9.17) is 9.84 Å². The van der Waals surface area contributed by atoms with E-state index in [0.717, 1.165) is 13.2 Å². The monoisotopic (exact) mass is 116 g/mol. The van der Waals surface area contributed by atoms with Gasteiger partial charge in [-0.25, -0.2) is 0 Å². The Morgan fingerprint density at radius 2 is 2.38 bits per heavy atom. The van der Waals surface area contributed by atoms with Crippen LogP contribution < -0.4 is 0 Å². The van der Waals surface area contributed by atoms with Crippen molar-refractivity contribution in [2.24, 2.45) is 11.8 Å². The van der Waals surface area contributed by atoms with Gasteiger partial charge in [-0.1, -0.05) is 6.92 Å². The first-order chi connectivity index (χ1) is 3.84. The van der Waals surface area contributed by atoms with Crippen LogP contribution in [0.5, 0.6) is 0 Å². The van der Waals surface area contributed by atoms with E-state index in [9.17, 15) is 0 Å². The topological polar surface area (TPSA) is 29.5 Å². The second kappa shape index (κ2) is 2.46. The normalized spacial score (nSPS) is 24.8. The van der Waals surface area contributed by atoms with E-state index in [1.165, 1.54) is 0 Å². The minimum absolute atomic E-state index is 0.300. The summed E-state index contributed by atoms with van der Waals surface area (Å²) < 4.78 is 4.95. The van der Waals surface area contributed by atoms with Crippen molar-refractivity contribution in [3.63, 3.8) is 0 Å². The molecular weight excluding hydrogens is 104 g/mol. The number of aliphatic hydroxyl groups excluding tert-OH is 1. The SMILES string of the molecule is C[C@H](CO)C1COC1. The summed E-state index contributed by atoms with van der Waals surface area (Å²) in [5, 5.41) is 8.61. The van der Waals surface area contributed by atoms with Gasteiger partial charge in [0.05, 0.1) is 13.2 Å². The number of rotatable bonds is 2. The molecule has 1 aliphatic heterocycles. The Morgan fingerprint density at radius 1 is 1.75 bits per heavy atom. The largest absolute Gasteiger partial charge is 0.396 e. The third-order valence-corrected chi connectivity index (χ3v) is 1.76. The Hall–Kier alpha value is -0.0800. The van der Waals surface area contributed by atoms with Crippen molar-refractivity contribution in [1.82, 2.24) is 0 Å². The van der Waals surface area contributed by atoms with Gasteiger partial charge in [0.15, 0.2) is 0 Å². The molecule has 1 aliphatic rings. The number of hydrogen-bond donors (Lipinski definition) is 1. The fraction of sp³-hybridized carbons (Fsp3) is 1.00. The Kier molecular flexibility index (Phi) is 1.86. The summed E-state index contributed by atoms with van der Waals surface area (Å²) in [6.07, 6.45) is 0. The highest BCUT2D eigenvalue weighted by molar-refractivity contribution is 4.70. The molecule has 0 unspecified atom stereocenters. The second-order valence-electron chi connectivity index (χ2n) is 2.46. The lowest BCUT2D eigenvalue weighted by Crippen LogP contribution is -2.34. The van der Waals surface area contributed by atoms with Gasteiger partial charge in [0.25, 0.3) is 0 Å². The van der Waals surface area contributed by atoms with Gasteiger partial charge < -0.3 is 9.84 Å². The third-order valence-electron chi connectivity index (χ3n) is 1.76. The lowest BCUT2D eigenvalue weighted by molar-refractivity contribution is -0.0664. The van der Waals surface area contributed by atoms with Gasteiger partial charge in [-0.05, 0) is 5.92 Å². The molecule has 0 aromatic carbocycles. The fourth-order valence-electron chi connectivity index (χ4n) is 0.732. The van der Waals surface area contributed by atoms with Gasteiger partial charge in [-0.15, -0.1) is 0 Å². The van der Waals surface area contributed by atoms with E-state index in [-0.39, 0.29) is 0 Å². The molecule has 0 spiro atoms. The maximum absolute atomic E-state index is 8.61. The van der Waals surface area contributed by atoms with Gasteiger partial charge in [0.1, 0.15) is 0 Å². The maximum Gasteiger partial charge on any atom is 0.0519 e. The second-order valence-corrected chi connectivity index (χ2v) is 2.46. The summed E-state index contributed by atoms with van der Waals surface area (Å²) in [6, 6.07) is 0. The van der Waals surface area contributed by atoms with Crippen molar-refractivity contribution in [2.45, 2.75) is 6.92 Å². The predicted molar refractivity (Wildman–Crippen MR) is 30.6 cm³/mol. The Bertz CT molecular complexity index is 66.2. The molecule has 0 amide bonds. The molecule has 1 fully saturated rings. The van der Waals surface area contributed by atoms with E-state index in [0.29, 0.717) is 18.4 Å². The molecule has 48 valence electrons. The zero-order valence-electron chi connectivity index (χ0n) is 5.13. The molecule has 0 aromatic heterocycles. The number of ether oxygens (including phenoxy) is 1. The Balaban J connectivity index is 2.13. The number of hydrogen-bond acceptors (Lipinski definition) is 2. The smallest absolute Gasteiger partial charge is 0.0519 e. The van der Waals surface area contributed by atoms with Crippen molar-refractivity contribution in [2.75, 3.05) is 19.8 Å². The van der Waals surface area contributed by atoms with Crippen LogP contribution in [0.15, 0.2) is 0 Å². The quantitative estimate of drug-likeness (QED) is 0.560. The summed E-state index contributed by atoms with van der Waals surface area (Å²) in [6.45, 7) is 4.05. The van der Waals surface area contributed by atoms with Crippen LogP contribution in [0.3, 0.4) is 0 Å². The summed E-state index contributed by atoms with van der Waals surface area (Å²) in [4.78, 5) is 0. The lowest BCUT2D eigenvalue weighted by Gasteiger charge is -2.30. The zero-order valence-corrected chi connectivity index (χ0v) is 5.13. The van der Waals surface area contributed by atoms with Crippen LogP contribution in [0.2, 0.25) is 0 Å². The molecule has 0 aromatic rings.